The van der Waals surface area contributed by atoms with Crippen LogP contribution in [-0.4, -0.2) is 32.5 Å². The van der Waals surface area contributed by atoms with Crippen LogP contribution in [0.25, 0.3) is 5.57 Å². The average Bonchev–Trinajstić information content (AvgIpc) is 2.86. The predicted octanol–water partition coefficient (Wildman–Crippen LogP) is 3.23. The van der Waals surface area contributed by atoms with E-state index in [1.165, 1.54) is 7.11 Å². The number of unbranched alkanes of at least 4 members (excludes halogenated alkanes) is 1. The molecule has 0 bridgehead atoms. The molecule has 0 heterocycles. The lowest BCUT2D eigenvalue weighted by Crippen LogP contribution is -2.29. The highest BCUT2D eigenvalue weighted by atomic mass is 16.5. The minimum atomic E-state index is -0.300. The largest absolute Gasteiger partial charge is 0.493 e. The summed E-state index contributed by atoms with van der Waals surface area (Å²) in [4.78, 5) is 25.4. The third kappa shape index (κ3) is 3.16. The summed E-state index contributed by atoms with van der Waals surface area (Å²) in [6, 6.07) is 3.44. The number of methoxy groups -OCH3 is 2. The number of amides is 1. The zero-order valence-electron chi connectivity index (χ0n) is 15.0. The molecule has 1 N–H and O–H groups in total. The molecule has 1 aliphatic carbocycles. The van der Waals surface area contributed by atoms with Crippen LogP contribution >= 0.6 is 0 Å². The number of hydrogen-bond donors (Lipinski definition) is 1. The van der Waals surface area contributed by atoms with Crippen molar-refractivity contribution in [3.8, 4) is 11.5 Å². The molecule has 0 saturated heterocycles. The number of carbonyl (C=O) groups excluding carboxylic acids is 2. The summed E-state index contributed by atoms with van der Waals surface area (Å²) >= 11 is 0. The Morgan fingerprint density at radius 1 is 1.12 bits per heavy atom. The predicted molar refractivity (Wildman–Crippen MR) is 93.6 cm³/mol. The van der Waals surface area contributed by atoms with Crippen LogP contribution < -0.4 is 14.8 Å². The summed E-state index contributed by atoms with van der Waals surface area (Å²) in [5.41, 5.74) is 2.27. The van der Waals surface area contributed by atoms with E-state index in [9.17, 15) is 9.59 Å². The summed E-state index contributed by atoms with van der Waals surface area (Å²) in [7, 11) is 3.08. The molecule has 5 heteroatoms. The van der Waals surface area contributed by atoms with Gasteiger partial charge in [0.1, 0.15) is 0 Å². The van der Waals surface area contributed by atoms with Crippen molar-refractivity contribution in [2.24, 2.45) is 5.92 Å². The van der Waals surface area contributed by atoms with Crippen molar-refractivity contribution >= 4 is 17.3 Å². The normalized spacial score (nSPS) is 13.3. The van der Waals surface area contributed by atoms with E-state index in [0.29, 0.717) is 23.6 Å². The Morgan fingerprint density at radius 3 is 2.21 bits per heavy atom. The van der Waals surface area contributed by atoms with Crippen molar-refractivity contribution in [3.63, 3.8) is 0 Å². The maximum Gasteiger partial charge on any atom is 0.255 e. The Labute approximate surface area is 143 Å². The zero-order chi connectivity index (χ0) is 17.9. The number of ketones is 1. The van der Waals surface area contributed by atoms with Crippen molar-refractivity contribution in [1.82, 2.24) is 5.32 Å². The molecule has 0 atom stereocenters. The Balaban J connectivity index is 2.51. The Hall–Kier alpha value is -2.30. The van der Waals surface area contributed by atoms with Gasteiger partial charge in [-0.3, -0.25) is 9.59 Å². The summed E-state index contributed by atoms with van der Waals surface area (Å²) in [5.74, 6) is 0.533. The van der Waals surface area contributed by atoms with Gasteiger partial charge in [-0.25, -0.2) is 0 Å². The van der Waals surface area contributed by atoms with Gasteiger partial charge >= 0.3 is 0 Å². The number of allylic oxidation sites excluding steroid dienone is 1. The Kier molecular flexibility index (Phi) is 5.65. The molecule has 130 valence electrons. The van der Waals surface area contributed by atoms with E-state index in [0.717, 1.165) is 24.0 Å². The second-order valence-corrected chi connectivity index (χ2v) is 6.13. The maximum atomic E-state index is 12.8. The van der Waals surface area contributed by atoms with E-state index in [1.54, 1.807) is 19.2 Å². The number of Topliss-reactive ketones (excluding diaryl/α,β-unsaturated/α-hetero) is 1. The van der Waals surface area contributed by atoms with Crippen molar-refractivity contribution < 1.29 is 19.1 Å². The first-order valence-electron chi connectivity index (χ1n) is 8.29. The molecule has 2 rings (SSSR count). The van der Waals surface area contributed by atoms with Crippen molar-refractivity contribution in [1.29, 1.82) is 0 Å². The summed E-state index contributed by atoms with van der Waals surface area (Å²) in [6.07, 6.45) is 1.87. The Morgan fingerprint density at radius 2 is 1.71 bits per heavy atom. The zero-order valence-corrected chi connectivity index (χ0v) is 15.0. The number of hydrogen-bond acceptors (Lipinski definition) is 4. The molecule has 0 unspecified atom stereocenters. The molecule has 0 fully saturated rings. The van der Waals surface area contributed by atoms with E-state index in [2.05, 4.69) is 12.2 Å². The van der Waals surface area contributed by atoms with Crippen molar-refractivity contribution in [2.75, 3.05) is 20.8 Å². The molecule has 1 aliphatic rings. The van der Waals surface area contributed by atoms with Gasteiger partial charge in [-0.2, -0.15) is 0 Å². The van der Waals surface area contributed by atoms with Crippen LogP contribution in [0, 0.1) is 5.92 Å². The number of fused-ring (bicyclic) bond motifs is 1. The minimum absolute atomic E-state index is 0.0419. The molecule has 0 spiro atoms. The molecule has 1 aromatic carbocycles. The lowest BCUT2D eigenvalue weighted by atomic mass is 9.94. The highest BCUT2D eigenvalue weighted by molar-refractivity contribution is 6.35. The van der Waals surface area contributed by atoms with Crippen molar-refractivity contribution in [2.45, 2.75) is 33.6 Å². The lowest BCUT2D eigenvalue weighted by Gasteiger charge is -2.14. The van der Waals surface area contributed by atoms with E-state index < -0.39 is 0 Å². The second-order valence-electron chi connectivity index (χ2n) is 6.13. The van der Waals surface area contributed by atoms with Gasteiger partial charge in [0.2, 0.25) is 0 Å². The van der Waals surface area contributed by atoms with E-state index in [4.69, 9.17) is 9.47 Å². The summed E-state index contributed by atoms with van der Waals surface area (Å²) < 4.78 is 10.6. The van der Waals surface area contributed by atoms with Crippen LogP contribution in [0.1, 0.15) is 49.5 Å². The minimum Gasteiger partial charge on any atom is -0.493 e. The molecular weight excluding hydrogens is 306 g/mol. The van der Waals surface area contributed by atoms with Crippen LogP contribution in [0.3, 0.4) is 0 Å². The maximum absolute atomic E-state index is 12.8. The smallest absolute Gasteiger partial charge is 0.255 e. The van der Waals surface area contributed by atoms with Gasteiger partial charge in [0.15, 0.2) is 17.3 Å². The first-order chi connectivity index (χ1) is 11.5. The number of ether oxygens (including phenoxy) is 2. The molecule has 0 radical (unpaired) electrons. The SMILES string of the molecule is CCCCNC(=O)C1=C(C(C)C)c2cc(OC)c(OC)cc2C1=O. The van der Waals surface area contributed by atoms with Crippen LogP contribution in [0.5, 0.6) is 11.5 Å². The van der Waals surface area contributed by atoms with Gasteiger partial charge in [0, 0.05) is 12.1 Å². The van der Waals surface area contributed by atoms with Crippen molar-refractivity contribution in [3.05, 3.63) is 28.8 Å². The highest BCUT2D eigenvalue weighted by Gasteiger charge is 2.36. The summed E-state index contributed by atoms with van der Waals surface area (Å²) in [6.45, 7) is 6.59. The molecular formula is C19H25NO4. The fourth-order valence-corrected chi connectivity index (χ4v) is 2.97. The molecule has 1 amide bonds. The van der Waals surface area contributed by atoms with Gasteiger partial charge in [0.05, 0.1) is 19.8 Å². The standard InChI is InChI=1S/C19H25NO4/c1-6-7-8-20-19(22)17-16(11(2)3)12-9-14(23-4)15(24-5)10-13(12)18(17)21/h9-11H,6-8H2,1-5H3,(H,20,22). The number of nitrogens with one attached hydrogen (secondary N) is 1. The first kappa shape index (κ1) is 18.0. The highest BCUT2D eigenvalue weighted by Crippen LogP contribution is 2.42. The van der Waals surface area contributed by atoms with E-state index in [1.807, 2.05) is 13.8 Å². The van der Waals surface area contributed by atoms with Crippen LogP contribution in [0.4, 0.5) is 0 Å². The summed E-state index contributed by atoms with van der Waals surface area (Å²) in [5, 5.41) is 2.85. The lowest BCUT2D eigenvalue weighted by molar-refractivity contribution is -0.117. The molecule has 1 aromatic rings. The topological polar surface area (TPSA) is 64.6 Å². The molecule has 0 aromatic heterocycles. The van der Waals surface area contributed by atoms with Gasteiger partial charge in [0.25, 0.3) is 5.91 Å². The van der Waals surface area contributed by atoms with Crippen LogP contribution in [0.2, 0.25) is 0 Å². The van der Waals surface area contributed by atoms with Crippen LogP contribution in [-0.2, 0) is 4.79 Å². The van der Waals surface area contributed by atoms with Gasteiger partial charge in [-0.15, -0.1) is 0 Å². The van der Waals surface area contributed by atoms with Gasteiger partial charge < -0.3 is 14.8 Å². The fraction of sp³-hybridized carbons (Fsp3) is 0.474. The Bertz CT molecular complexity index is 689. The monoisotopic (exact) mass is 331 g/mol. The third-order valence-corrected chi connectivity index (χ3v) is 4.18. The molecule has 0 saturated carbocycles. The van der Waals surface area contributed by atoms with E-state index in [-0.39, 0.29) is 23.2 Å². The number of rotatable bonds is 7. The van der Waals surface area contributed by atoms with E-state index >= 15 is 0 Å². The average molecular weight is 331 g/mol. The molecule has 24 heavy (non-hydrogen) atoms. The quantitative estimate of drug-likeness (QED) is 0.615. The fourth-order valence-electron chi connectivity index (χ4n) is 2.97. The van der Waals surface area contributed by atoms with Crippen LogP contribution in [0.15, 0.2) is 17.7 Å². The second kappa shape index (κ2) is 7.51. The number of benzene rings is 1. The number of carbonyl (C=O) groups is 2. The van der Waals surface area contributed by atoms with Gasteiger partial charge in [-0.05, 0) is 35.6 Å². The molecule has 5 nitrogen and oxygen atoms in total. The molecule has 0 aliphatic heterocycles. The van der Waals surface area contributed by atoms with Gasteiger partial charge in [-0.1, -0.05) is 27.2 Å². The first-order valence-corrected chi connectivity index (χ1v) is 8.29. The third-order valence-electron chi connectivity index (χ3n) is 4.18.